The van der Waals surface area contributed by atoms with Crippen LogP contribution in [-0.4, -0.2) is 41.7 Å². The highest BCUT2D eigenvalue weighted by Crippen LogP contribution is 2.17. The predicted octanol–water partition coefficient (Wildman–Crippen LogP) is 1.43. The van der Waals surface area contributed by atoms with Crippen molar-refractivity contribution in [2.24, 2.45) is 5.92 Å². The Kier molecular flexibility index (Phi) is 4.93. The molecule has 0 radical (unpaired) electrons. The third kappa shape index (κ3) is 3.78. The molecule has 1 N–H and O–H groups in total. The van der Waals surface area contributed by atoms with Gasteiger partial charge in [0.15, 0.2) is 0 Å². The molecule has 0 saturated carbocycles. The molecule has 1 aliphatic heterocycles. The van der Waals surface area contributed by atoms with E-state index in [4.69, 9.17) is 9.84 Å². The first-order valence-electron chi connectivity index (χ1n) is 6.76. The molecule has 104 valence electrons. The molecule has 4 heteroatoms. The molecule has 2 unspecified atom stereocenters. The average Bonchev–Trinajstić information content (AvgIpc) is 2.94. The van der Waals surface area contributed by atoms with Crippen LogP contribution in [0.5, 0.6) is 0 Å². The van der Waals surface area contributed by atoms with Crippen LogP contribution in [0.4, 0.5) is 0 Å². The van der Waals surface area contributed by atoms with E-state index in [0.29, 0.717) is 13.2 Å². The summed E-state index contributed by atoms with van der Waals surface area (Å²) in [4.78, 5) is 13.9. The molecule has 1 saturated heterocycles. The Morgan fingerprint density at radius 3 is 2.84 bits per heavy atom. The zero-order valence-corrected chi connectivity index (χ0v) is 11.3. The summed E-state index contributed by atoms with van der Waals surface area (Å²) in [5.74, 6) is 0.247. The summed E-state index contributed by atoms with van der Waals surface area (Å²) in [5, 5.41) is 9.09. The van der Waals surface area contributed by atoms with Crippen LogP contribution in [0.15, 0.2) is 30.3 Å². The first kappa shape index (κ1) is 14.0. The number of ether oxygens (including phenoxy) is 1. The summed E-state index contributed by atoms with van der Waals surface area (Å²) >= 11 is 0. The van der Waals surface area contributed by atoms with Crippen molar-refractivity contribution < 1.29 is 14.6 Å². The molecule has 2 rings (SSSR count). The number of aliphatic hydroxyl groups excluding tert-OH is 1. The van der Waals surface area contributed by atoms with E-state index in [2.05, 4.69) is 0 Å². The van der Waals surface area contributed by atoms with Gasteiger partial charge in [0.05, 0.1) is 6.61 Å². The van der Waals surface area contributed by atoms with Crippen molar-refractivity contribution in [2.75, 3.05) is 19.7 Å². The smallest absolute Gasteiger partial charge is 0.251 e. The van der Waals surface area contributed by atoms with E-state index in [1.807, 2.05) is 30.3 Å². The molecule has 1 aromatic carbocycles. The number of nitrogens with zero attached hydrogens (tertiary/aromatic N) is 1. The zero-order chi connectivity index (χ0) is 13.7. The molecule has 1 amide bonds. The lowest BCUT2D eigenvalue weighted by molar-refractivity contribution is -0.142. The van der Waals surface area contributed by atoms with E-state index in [1.165, 1.54) is 0 Å². The number of hydrogen-bond acceptors (Lipinski definition) is 3. The highest BCUT2D eigenvalue weighted by molar-refractivity contribution is 5.80. The van der Waals surface area contributed by atoms with Crippen LogP contribution in [0.1, 0.15) is 18.9 Å². The Balaban J connectivity index is 1.80. The van der Waals surface area contributed by atoms with Crippen molar-refractivity contribution >= 4 is 5.91 Å². The first-order valence-corrected chi connectivity index (χ1v) is 6.76. The fourth-order valence-corrected chi connectivity index (χ4v) is 2.31. The van der Waals surface area contributed by atoms with Crippen molar-refractivity contribution in [3.63, 3.8) is 0 Å². The Hall–Kier alpha value is -1.39. The zero-order valence-electron chi connectivity index (χ0n) is 11.3. The molecule has 2 atom stereocenters. The van der Waals surface area contributed by atoms with Gasteiger partial charge < -0.3 is 14.7 Å². The molecule has 0 bridgehead atoms. The van der Waals surface area contributed by atoms with Gasteiger partial charge in [-0.25, -0.2) is 0 Å². The number of carbonyl (C=O) groups is 1. The monoisotopic (exact) mass is 263 g/mol. The third-order valence-corrected chi connectivity index (χ3v) is 3.55. The van der Waals surface area contributed by atoms with Crippen LogP contribution >= 0.6 is 0 Å². The SMILES string of the molecule is CC(OCc1ccccc1)C(=O)N1CCC(CO)C1. The number of rotatable bonds is 5. The van der Waals surface area contributed by atoms with Gasteiger partial charge in [-0.05, 0) is 18.9 Å². The van der Waals surface area contributed by atoms with Crippen molar-refractivity contribution in [1.29, 1.82) is 0 Å². The average molecular weight is 263 g/mol. The topological polar surface area (TPSA) is 49.8 Å². The van der Waals surface area contributed by atoms with Crippen LogP contribution in [0.2, 0.25) is 0 Å². The quantitative estimate of drug-likeness (QED) is 0.874. The van der Waals surface area contributed by atoms with Crippen molar-refractivity contribution in [2.45, 2.75) is 26.1 Å². The summed E-state index contributed by atoms with van der Waals surface area (Å²) < 4.78 is 5.62. The van der Waals surface area contributed by atoms with Gasteiger partial charge >= 0.3 is 0 Å². The second-order valence-corrected chi connectivity index (χ2v) is 5.06. The molecule has 19 heavy (non-hydrogen) atoms. The van der Waals surface area contributed by atoms with Gasteiger partial charge in [0.2, 0.25) is 0 Å². The number of carbonyl (C=O) groups excluding carboxylic acids is 1. The minimum Gasteiger partial charge on any atom is -0.396 e. The Morgan fingerprint density at radius 1 is 1.47 bits per heavy atom. The first-order chi connectivity index (χ1) is 9.20. The number of hydrogen-bond donors (Lipinski definition) is 1. The molecule has 0 spiro atoms. The maximum Gasteiger partial charge on any atom is 0.251 e. The largest absolute Gasteiger partial charge is 0.396 e. The summed E-state index contributed by atoms with van der Waals surface area (Å²) in [7, 11) is 0. The highest BCUT2D eigenvalue weighted by Gasteiger charge is 2.28. The van der Waals surface area contributed by atoms with Gasteiger partial charge in [0, 0.05) is 25.6 Å². The fraction of sp³-hybridized carbons (Fsp3) is 0.533. The van der Waals surface area contributed by atoms with Gasteiger partial charge in [0.1, 0.15) is 6.10 Å². The minimum atomic E-state index is -0.433. The number of aliphatic hydroxyl groups is 1. The lowest BCUT2D eigenvalue weighted by Gasteiger charge is -2.21. The van der Waals surface area contributed by atoms with Gasteiger partial charge in [0.25, 0.3) is 5.91 Å². The molecule has 4 nitrogen and oxygen atoms in total. The van der Waals surface area contributed by atoms with Crippen molar-refractivity contribution in [1.82, 2.24) is 4.90 Å². The maximum atomic E-state index is 12.1. The Bertz CT molecular complexity index is 407. The second kappa shape index (κ2) is 6.68. The van der Waals surface area contributed by atoms with E-state index in [9.17, 15) is 4.79 Å². The second-order valence-electron chi connectivity index (χ2n) is 5.06. The molecule has 1 aliphatic rings. The molecule has 1 aromatic rings. The van der Waals surface area contributed by atoms with Gasteiger partial charge in [-0.3, -0.25) is 4.79 Å². The van der Waals surface area contributed by atoms with Crippen LogP contribution in [0, 0.1) is 5.92 Å². The summed E-state index contributed by atoms with van der Waals surface area (Å²) in [6, 6.07) is 9.83. The number of benzene rings is 1. The summed E-state index contributed by atoms with van der Waals surface area (Å²) in [6.45, 7) is 3.77. The van der Waals surface area contributed by atoms with Crippen LogP contribution in [0.25, 0.3) is 0 Å². The fourth-order valence-electron chi connectivity index (χ4n) is 2.31. The maximum absolute atomic E-state index is 12.1. The summed E-state index contributed by atoms with van der Waals surface area (Å²) in [5.41, 5.74) is 1.07. The molecule has 0 aromatic heterocycles. The van der Waals surface area contributed by atoms with Crippen LogP contribution < -0.4 is 0 Å². The Labute approximate surface area is 114 Å². The van der Waals surface area contributed by atoms with E-state index < -0.39 is 6.10 Å². The van der Waals surface area contributed by atoms with Gasteiger partial charge in [-0.2, -0.15) is 0 Å². The normalized spacial score (nSPS) is 20.5. The predicted molar refractivity (Wildman–Crippen MR) is 72.5 cm³/mol. The van der Waals surface area contributed by atoms with E-state index in [1.54, 1.807) is 11.8 Å². The van der Waals surface area contributed by atoms with E-state index >= 15 is 0 Å². The third-order valence-electron chi connectivity index (χ3n) is 3.55. The van der Waals surface area contributed by atoms with Gasteiger partial charge in [-0.1, -0.05) is 30.3 Å². The van der Waals surface area contributed by atoms with Crippen LogP contribution in [-0.2, 0) is 16.1 Å². The minimum absolute atomic E-state index is 0.0203. The summed E-state index contributed by atoms with van der Waals surface area (Å²) in [6.07, 6.45) is 0.450. The molecule has 1 fully saturated rings. The van der Waals surface area contributed by atoms with E-state index in [0.717, 1.165) is 18.5 Å². The lowest BCUT2D eigenvalue weighted by atomic mass is 10.1. The van der Waals surface area contributed by atoms with Crippen molar-refractivity contribution in [3.8, 4) is 0 Å². The Morgan fingerprint density at radius 2 is 2.21 bits per heavy atom. The lowest BCUT2D eigenvalue weighted by Crippen LogP contribution is -2.37. The highest BCUT2D eigenvalue weighted by atomic mass is 16.5. The number of amides is 1. The van der Waals surface area contributed by atoms with Crippen LogP contribution in [0.3, 0.4) is 0 Å². The molecule has 0 aliphatic carbocycles. The molecular weight excluding hydrogens is 242 g/mol. The molecule has 1 heterocycles. The standard InChI is InChI=1S/C15H21NO3/c1-12(19-11-13-5-3-2-4-6-13)15(18)16-8-7-14(9-16)10-17/h2-6,12,14,17H,7-11H2,1H3. The van der Waals surface area contributed by atoms with Gasteiger partial charge in [-0.15, -0.1) is 0 Å². The number of likely N-dealkylation sites (tertiary alicyclic amines) is 1. The van der Waals surface area contributed by atoms with E-state index in [-0.39, 0.29) is 18.4 Å². The molecular formula is C15H21NO3. The van der Waals surface area contributed by atoms with Crippen molar-refractivity contribution in [3.05, 3.63) is 35.9 Å².